The smallest absolute Gasteiger partial charge is 0.0611 e. The molecule has 0 spiro atoms. The summed E-state index contributed by atoms with van der Waals surface area (Å²) in [6, 6.07) is 0.600. The summed E-state index contributed by atoms with van der Waals surface area (Å²) in [5.41, 5.74) is 5.68. The van der Waals surface area contributed by atoms with E-state index in [1.807, 2.05) is 6.92 Å². The molecule has 0 aliphatic heterocycles. The zero-order valence-corrected chi connectivity index (χ0v) is 11.7. The molecule has 0 aliphatic carbocycles. The van der Waals surface area contributed by atoms with E-state index in [0.29, 0.717) is 12.0 Å². The van der Waals surface area contributed by atoms with E-state index in [1.165, 1.54) is 0 Å². The second-order valence-electron chi connectivity index (χ2n) is 5.44. The summed E-state index contributed by atoms with van der Waals surface area (Å²) in [4.78, 5) is 2.37. The van der Waals surface area contributed by atoms with E-state index in [1.54, 1.807) is 0 Å². The second kappa shape index (κ2) is 7.25. The maximum absolute atomic E-state index is 9.21. The molecule has 3 nitrogen and oxygen atoms in total. The van der Waals surface area contributed by atoms with Crippen molar-refractivity contribution < 1.29 is 5.11 Å². The van der Waals surface area contributed by atoms with Gasteiger partial charge < -0.3 is 15.7 Å². The lowest BCUT2D eigenvalue weighted by Gasteiger charge is -2.30. The Bertz CT molecular complexity index is 179. The van der Waals surface area contributed by atoms with Crippen LogP contribution in [0.3, 0.4) is 0 Å². The van der Waals surface area contributed by atoms with Gasteiger partial charge in [-0.05, 0) is 45.7 Å². The number of rotatable bonds is 8. The van der Waals surface area contributed by atoms with E-state index in [-0.39, 0.29) is 12.1 Å². The van der Waals surface area contributed by atoms with Crippen LogP contribution in [0.15, 0.2) is 0 Å². The summed E-state index contributed by atoms with van der Waals surface area (Å²) in [7, 11) is 2.16. The van der Waals surface area contributed by atoms with E-state index in [9.17, 15) is 5.11 Å². The zero-order chi connectivity index (χ0) is 12.8. The van der Waals surface area contributed by atoms with Gasteiger partial charge in [0.05, 0.1) is 6.61 Å². The Hall–Kier alpha value is -0.120. The topological polar surface area (TPSA) is 49.5 Å². The summed E-state index contributed by atoms with van der Waals surface area (Å²) < 4.78 is 0. The van der Waals surface area contributed by atoms with E-state index in [2.05, 4.69) is 32.7 Å². The molecule has 0 heterocycles. The molecule has 0 rings (SSSR count). The van der Waals surface area contributed by atoms with Crippen molar-refractivity contribution in [1.29, 1.82) is 0 Å². The van der Waals surface area contributed by atoms with Gasteiger partial charge in [-0.3, -0.25) is 0 Å². The van der Waals surface area contributed by atoms with Crippen LogP contribution < -0.4 is 5.73 Å². The van der Waals surface area contributed by atoms with Crippen molar-refractivity contribution >= 4 is 0 Å². The molecule has 2 unspecified atom stereocenters. The number of nitrogens with two attached hydrogens (primary N) is 1. The minimum Gasteiger partial charge on any atom is -0.394 e. The maximum Gasteiger partial charge on any atom is 0.0611 e. The van der Waals surface area contributed by atoms with E-state index < -0.39 is 0 Å². The Kier molecular flexibility index (Phi) is 7.20. The predicted octanol–water partition coefficient (Wildman–Crippen LogP) is 1.84. The van der Waals surface area contributed by atoms with Gasteiger partial charge in [-0.1, -0.05) is 20.8 Å². The second-order valence-corrected chi connectivity index (χ2v) is 5.44. The van der Waals surface area contributed by atoms with Gasteiger partial charge >= 0.3 is 0 Å². The Labute approximate surface area is 101 Å². The van der Waals surface area contributed by atoms with Gasteiger partial charge in [-0.15, -0.1) is 0 Å². The molecular formula is C13H30N2O. The molecule has 16 heavy (non-hydrogen) atoms. The van der Waals surface area contributed by atoms with Crippen molar-refractivity contribution in [3.05, 3.63) is 0 Å². The van der Waals surface area contributed by atoms with Gasteiger partial charge in [-0.2, -0.15) is 0 Å². The average Bonchev–Trinajstić information content (AvgIpc) is 2.27. The van der Waals surface area contributed by atoms with Crippen LogP contribution in [0.4, 0.5) is 0 Å². The van der Waals surface area contributed by atoms with Gasteiger partial charge in [0.25, 0.3) is 0 Å². The molecule has 0 saturated heterocycles. The third-order valence-corrected chi connectivity index (χ3v) is 3.86. The Balaban J connectivity index is 3.89. The van der Waals surface area contributed by atoms with E-state index >= 15 is 0 Å². The van der Waals surface area contributed by atoms with Crippen LogP contribution in [-0.4, -0.2) is 41.8 Å². The monoisotopic (exact) mass is 230 g/mol. The van der Waals surface area contributed by atoms with E-state index in [0.717, 1.165) is 25.8 Å². The van der Waals surface area contributed by atoms with Crippen molar-refractivity contribution in [2.24, 2.45) is 11.7 Å². The van der Waals surface area contributed by atoms with Crippen LogP contribution in [0.2, 0.25) is 0 Å². The summed E-state index contributed by atoms with van der Waals surface area (Å²) in [6.45, 7) is 9.93. The molecule has 0 saturated carbocycles. The van der Waals surface area contributed by atoms with Crippen LogP contribution in [0, 0.1) is 5.92 Å². The van der Waals surface area contributed by atoms with Crippen LogP contribution >= 0.6 is 0 Å². The molecule has 0 amide bonds. The lowest BCUT2D eigenvalue weighted by molar-refractivity contribution is 0.162. The van der Waals surface area contributed by atoms with Gasteiger partial charge in [0.2, 0.25) is 0 Å². The average molecular weight is 230 g/mol. The molecule has 0 aromatic heterocycles. The zero-order valence-electron chi connectivity index (χ0n) is 11.7. The van der Waals surface area contributed by atoms with Crippen LogP contribution in [0.5, 0.6) is 0 Å². The molecule has 0 bridgehead atoms. The van der Waals surface area contributed by atoms with Crippen LogP contribution in [0.25, 0.3) is 0 Å². The third kappa shape index (κ3) is 5.28. The highest BCUT2D eigenvalue weighted by Crippen LogP contribution is 2.15. The molecule has 3 heteroatoms. The number of aliphatic hydroxyl groups excluding tert-OH is 1. The van der Waals surface area contributed by atoms with Gasteiger partial charge in [0.15, 0.2) is 0 Å². The minimum atomic E-state index is -0.373. The minimum absolute atomic E-state index is 0.0902. The predicted molar refractivity (Wildman–Crippen MR) is 70.5 cm³/mol. The molecule has 0 aliphatic rings. The van der Waals surface area contributed by atoms with Gasteiger partial charge in [0, 0.05) is 11.6 Å². The summed E-state index contributed by atoms with van der Waals surface area (Å²) in [6.07, 6.45) is 2.79. The Morgan fingerprint density at radius 1 is 1.31 bits per heavy atom. The molecular weight excluding hydrogens is 200 g/mol. The first kappa shape index (κ1) is 15.9. The first-order valence-electron chi connectivity index (χ1n) is 6.46. The summed E-state index contributed by atoms with van der Waals surface area (Å²) in [5, 5.41) is 9.21. The van der Waals surface area contributed by atoms with E-state index in [4.69, 9.17) is 5.73 Å². The fourth-order valence-electron chi connectivity index (χ4n) is 1.76. The number of hydrogen-bond acceptors (Lipinski definition) is 3. The lowest BCUT2D eigenvalue weighted by Crippen LogP contribution is -2.44. The van der Waals surface area contributed by atoms with Crippen molar-refractivity contribution in [3.8, 4) is 0 Å². The molecule has 0 aromatic carbocycles. The number of hydrogen-bond donors (Lipinski definition) is 2. The Morgan fingerprint density at radius 3 is 2.25 bits per heavy atom. The van der Waals surface area contributed by atoms with Crippen LogP contribution in [-0.2, 0) is 0 Å². The fraction of sp³-hybridized carbons (Fsp3) is 1.00. The summed E-state index contributed by atoms with van der Waals surface area (Å²) >= 11 is 0. The number of aliphatic hydroxyl groups is 1. The van der Waals surface area contributed by atoms with Gasteiger partial charge in [-0.25, -0.2) is 0 Å². The van der Waals surface area contributed by atoms with Crippen LogP contribution in [0.1, 0.15) is 47.0 Å². The highest BCUT2D eigenvalue weighted by molar-refractivity contribution is 4.82. The largest absolute Gasteiger partial charge is 0.394 e. The van der Waals surface area contributed by atoms with Crippen molar-refractivity contribution in [3.63, 3.8) is 0 Å². The summed E-state index contributed by atoms with van der Waals surface area (Å²) in [5.74, 6) is 0.677. The van der Waals surface area contributed by atoms with Crippen molar-refractivity contribution in [2.45, 2.75) is 58.5 Å². The maximum atomic E-state index is 9.21. The van der Waals surface area contributed by atoms with Gasteiger partial charge in [0.1, 0.15) is 0 Å². The first-order chi connectivity index (χ1) is 7.36. The third-order valence-electron chi connectivity index (χ3n) is 3.86. The van der Waals surface area contributed by atoms with Crippen molar-refractivity contribution in [1.82, 2.24) is 4.90 Å². The first-order valence-corrected chi connectivity index (χ1v) is 6.46. The molecule has 0 fully saturated rings. The molecule has 0 aromatic rings. The quantitative estimate of drug-likeness (QED) is 0.669. The normalized spacial score (nSPS) is 17.8. The molecule has 98 valence electrons. The fourth-order valence-corrected chi connectivity index (χ4v) is 1.76. The molecule has 0 radical (unpaired) electrons. The lowest BCUT2D eigenvalue weighted by atomic mass is 9.92. The van der Waals surface area contributed by atoms with Crippen molar-refractivity contribution in [2.75, 3.05) is 20.2 Å². The molecule has 2 atom stereocenters. The standard InChI is InChI=1S/C13H30N2O/c1-6-13(14,10-16)8-7-9-15(5)12(4)11(2)3/h11-12,16H,6-10,14H2,1-5H3. The molecule has 3 N–H and O–H groups in total. The SMILES string of the molecule is CCC(N)(CO)CCCN(C)C(C)C(C)C. The highest BCUT2D eigenvalue weighted by atomic mass is 16.3. The highest BCUT2D eigenvalue weighted by Gasteiger charge is 2.21. The number of nitrogens with zero attached hydrogens (tertiary/aromatic N) is 1. The Morgan fingerprint density at radius 2 is 1.88 bits per heavy atom.